The van der Waals surface area contributed by atoms with Crippen LogP contribution in [0, 0.1) is 11.8 Å². The molecule has 4 bridgehead atoms. The van der Waals surface area contributed by atoms with Gasteiger partial charge in [0.05, 0.1) is 77.3 Å². The standard InChI is InChI=1S/C27H48N4O9.C26H47N5O9/c1-3-4-8-23(32)28-9-16-37-14-6-12-35-10-5-11-36-13-7-15-38-18-22-17-31(30-29-22)19-27-20-39-26(40-27)21(2)24(33)25(27)34;1-20-23(33)24(34)26(19-39-25(20)40-26)18-31-16-21(29-30-31)17-38-14-5-12-36-10-3-9-35-11-4-13-37-15-8-28-22(32)6-2-7-27/h17,21,24-26,33-34H,3-16,18-20H2,1-2H3,(H,28,32);16,20,23-25,33-34H,2-15,17-19,27H2,1H3,(H,28,32)/t21-,24-,25-,26+,27+;20-,23-,24-,25+,26+/m11/s1. The van der Waals surface area contributed by atoms with Gasteiger partial charge < -0.3 is 93.6 Å². The normalized spacial score (nSPS) is 25.9. The average molecular weight is 1150 g/mol. The van der Waals surface area contributed by atoms with Crippen LogP contribution in [-0.2, 0) is 92.7 Å². The molecule has 6 heterocycles. The van der Waals surface area contributed by atoms with Gasteiger partial charge in [0.15, 0.2) is 12.6 Å². The van der Waals surface area contributed by atoms with E-state index in [1.807, 2.05) is 0 Å². The molecule has 4 fully saturated rings. The molecule has 460 valence electrons. The minimum atomic E-state index is -1.07. The minimum Gasteiger partial charge on any atom is -0.390 e. The molecule has 0 radical (unpaired) electrons. The van der Waals surface area contributed by atoms with E-state index >= 15 is 0 Å². The zero-order valence-electron chi connectivity index (χ0n) is 47.6. The van der Waals surface area contributed by atoms with E-state index in [1.54, 1.807) is 35.6 Å². The summed E-state index contributed by atoms with van der Waals surface area (Å²) in [5, 5.41) is 63.8. The fraction of sp³-hybridized carbons (Fsp3) is 0.887. The number of aromatic nitrogens is 6. The molecule has 4 saturated heterocycles. The van der Waals surface area contributed by atoms with Gasteiger partial charge in [0.25, 0.3) is 0 Å². The Morgan fingerprint density at radius 3 is 1.27 bits per heavy atom. The fourth-order valence-corrected chi connectivity index (χ4v) is 9.10. The number of amides is 2. The monoisotopic (exact) mass is 1150 g/mol. The third kappa shape index (κ3) is 23.7. The second kappa shape index (κ2) is 38.4. The van der Waals surface area contributed by atoms with Crippen LogP contribution in [0.25, 0.3) is 0 Å². The number of carbonyl (C=O) groups is 2. The number of unbranched alkanes of at least 4 members (excludes halogenated alkanes) is 1. The van der Waals surface area contributed by atoms with E-state index in [4.69, 9.17) is 62.6 Å². The van der Waals surface area contributed by atoms with Crippen LogP contribution in [0.4, 0.5) is 0 Å². The number of carbonyl (C=O) groups excluding carboxylic acids is 2. The molecule has 8 N–H and O–H groups in total. The van der Waals surface area contributed by atoms with E-state index in [0.717, 1.165) is 51.4 Å². The number of hydrogen-bond donors (Lipinski definition) is 7. The quantitative estimate of drug-likeness (QED) is 0.0435. The van der Waals surface area contributed by atoms with Crippen LogP contribution >= 0.6 is 0 Å². The van der Waals surface area contributed by atoms with Crippen LogP contribution in [0.5, 0.6) is 0 Å². The van der Waals surface area contributed by atoms with Crippen molar-refractivity contribution >= 4 is 11.8 Å². The molecule has 80 heavy (non-hydrogen) atoms. The summed E-state index contributed by atoms with van der Waals surface area (Å²) in [6, 6.07) is 0. The number of aliphatic hydroxyl groups is 4. The van der Waals surface area contributed by atoms with Crippen LogP contribution in [0.2, 0.25) is 0 Å². The Morgan fingerprint density at radius 2 is 0.912 bits per heavy atom. The predicted octanol–water partition coefficient (Wildman–Crippen LogP) is 0.158. The average Bonchev–Trinajstić information content (AvgIpc) is 4.34. The maximum absolute atomic E-state index is 11.5. The number of rotatable bonds is 44. The van der Waals surface area contributed by atoms with Crippen molar-refractivity contribution in [1.82, 2.24) is 40.6 Å². The number of ether oxygens (including phenoxy) is 12. The molecule has 0 spiro atoms. The zero-order chi connectivity index (χ0) is 57.3. The van der Waals surface area contributed by atoms with E-state index in [-0.39, 0.29) is 50.0 Å². The lowest BCUT2D eigenvalue weighted by atomic mass is 9.85. The van der Waals surface area contributed by atoms with Gasteiger partial charge in [0.2, 0.25) is 11.8 Å². The van der Waals surface area contributed by atoms with Crippen molar-refractivity contribution in [3.05, 3.63) is 23.8 Å². The third-order valence-electron chi connectivity index (χ3n) is 13.8. The van der Waals surface area contributed by atoms with Crippen molar-refractivity contribution in [3.8, 4) is 0 Å². The molecule has 27 heteroatoms. The highest BCUT2D eigenvalue weighted by atomic mass is 16.7. The van der Waals surface area contributed by atoms with Gasteiger partial charge in [-0.05, 0) is 57.9 Å². The largest absolute Gasteiger partial charge is 0.390 e. The van der Waals surface area contributed by atoms with Gasteiger partial charge in [-0.2, -0.15) is 0 Å². The summed E-state index contributed by atoms with van der Waals surface area (Å²) in [6.07, 6.45) is 6.97. The van der Waals surface area contributed by atoms with Crippen molar-refractivity contribution in [2.75, 3.05) is 125 Å². The molecule has 4 aliphatic heterocycles. The first-order valence-corrected chi connectivity index (χ1v) is 28.8. The molecule has 2 aromatic rings. The summed E-state index contributed by atoms with van der Waals surface area (Å²) >= 11 is 0. The third-order valence-corrected chi connectivity index (χ3v) is 13.8. The molecule has 0 aliphatic carbocycles. The Labute approximate surface area is 470 Å². The second-order valence-corrected chi connectivity index (χ2v) is 20.7. The molecule has 0 unspecified atom stereocenters. The minimum absolute atomic E-state index is 0.0113. The number of nitrogens with one attached hydrogen (secondary N) is 2. The van der Waals surface area contributed by atoms with E-state index in [0.29, 0.717) is 156 Å². The van der Waals surface area contributed by atoms with E-state index in [9.17, 15) is 30.0 Å². The highest BCUT2D eigenvalue weighted by molar-refractivity contribution is 5.76. The van der Waals surface area contributed by atoms with Gasteiger partial charge in [-0.1, -0.05) is 37.6 Å². The number of hydrogen-bond acceptors (Lipinski definition) is 23. The number of nitrogens with two attached hydrogens (primary N) is 1. The van der Waals surface area contributed by atoms with E-state index in [2.05, 4.69) is 38.2 Å². The van der Waals surface area contributed by atoms with Crippen molar-refractivity contribution in [2.24, 2.45) is 17.6 Å². The lowest BCUT2D eigenvalue weighted by Crippen LogP contribution is -2.59. The fourth-order valence-electron chi connectivity index (χ4n) is 9.10. The molecule has 27 nitrogen and oxygen atoms in total. The number of aliphatic hydroxyl groups excluding tert-OH is 4. The van der Waals surface area contributed by atoms with Gasteiger partial charge in [-0.3, -0.25) is 9.59 Å². The first-order chi connectivity index (χ1) is 38.9. The molecular formula is C53H95N9O18. The van der Waals surface area contributed by atoms with Gasteiger partial charge in [-0.15, -0.1) is 10.2 Å². The maximum atomic E-state index is 11.5. The summed E-state index contributed by atoms with van der Waals surface area (Å²) in [6.45, 7) is 17.0. The Bertz CT molecular complexity index is 1830. The Kier molecular flexibility index (Phi) is 32.3. The molecular weight excluding hydrogens is 1050 g/mol. The summed E-state index contributed by atoms with van der Waals surface area (Å²) in [7, 11) is 0. The molecule has 10 atom stereocenters. The first kappa shape index (κ1) is 67.3. The summed E-state index contributed by atoms with van der Waals surface area (Å²) in [5.74, 6) is -0.498. The van der Waals surface area contributed by atoms with Gasteiger partial charge in [-0.25, -0.2) is 9.36 Å². The molecule has 0 aromatic carbocycles. The van der Waals surface area contributed by atoms with Crippen molar-refractivity contribution in [3.63, 3.8) is 0 Å². The predicted molar refractivity (Wildman–Crippen MR) is 285 cm³/mol. The highest BCUT2D eigenvalue weighted by Crippen LogP contribution is 2.42. The van der Waals surface area contributed by atoms with Crippen LogP contribution in [0.1, 0.15) is 103 Å². The summed E-state index contributed by atoms with van der Waals surface area (Å²) in [5.41, 5.74) is 4.64. The lowest BCUT2D eigenvalue weighted by Gasteiger charge is -2.41. The van der Waals surface area contributed by atoms with Crippen LogP contribution in [0.3, 0.4) is 0 Å². The van der Waals surface area contributed by atoms with E-state index < -0.39 is 48.2 Å². The van der Waals surface area contributed by atoms with Crippen molar-refractivity contribution in [1.29, 1.82) is 0 Å². The van der Waals surface area contributed by atoms with Gasteiger partial charge >= 0.3 is 0 Å². The Morgan fingerprint density at radius 1 is 0.562 bits per heavy atom. The number of nitrogens with zero attached hydrogens (tertiary/aromatic N) is 6. The number of fused-ring (bicyclic) bond motifs is 4. The highest BCUT2D eigenvalue weighted by Gasteiger charge is 2.59. The molecule has 0 saturated carbocycles. The first-order valence-electron chi connectivity index (χ1n) is 28.8. The zero-order valence-corrected chi connectivity index (χ0v) is 47.6. The summed E-state index contributed by atoms with van der Waals surface area (Å²) < 4.78 is 71.0. The topological polar surface area (TPSA) is 337 Å². The second-order valence-electron chi connectivity index (χ2n) is 20.7. The summed E-state index contributed by atoms with van der Waals surface area (Å²) in [4.78, 5) is 22.9. The maximum Gasteiger partial charge on any atom is 0.220 e. The molecule has 2 aromatic heterocycles. The molecule has 4 aliphatic rings. The smallest absolute Gasteiger partial charge is 0.220 e. The lowest BCUT2D eigenvalue weighted by molar-refractivity contribution is -0.240. The van der Waals surface area contributed by atoms with E-state index in [1.165, 1.54) is 0 Å². The van der Waals surface area contributed by atoms with Crippen LogP contribution < -0.4 is 16.4 Å². The Hall–Kier alpha value is -3.46. The molecule has 2 amide bonds. The molecule has 6 rings (SSSR count). The van der Waals surface area contributed by atoms with Crippen molar-refractivity contribution in [2.45, 2.75) is 166 Å². The SMILES string of the molecule is CCCCC(=O)NCCOCCCOCCCOCCCOCc1cn(C[C@@]23CO[C@@H](O2)[C@H](C)[C@@H](O)[C@H]3O)nn1.C[C@H]1[C@H]2OC[C@](Cn3cc(COCCCOCCCOCCCOCCNC(=O)CCCN)nn3)(O2)[C@H](O)[C@@H]1O. The van der Waals surface area contributed by atoms with Gasteiger partial charge in [0, 0.05) is 117 Å². The van der Waals surface area contributed by atoms with Gasteiger partial charge in [0.1, 0.15) is 34.8 Å². The van der Waals surface area contributed by atoms with Crippen LogP contribution in [-0.4, -0.2) is 236 Å². The Balaban J connectivity index is 0.000000294. The van der Waals surface area contributed by atoms with Crippen molar-refractivity contribution < 1.29 is 86.9 Å². The van der Waals surface area contributed by atoms with Crippen LogP contribution in [0.15, 0.2) is 12.4 Å².